The molecule has 6 heteroatoms. The predicted octanol–water partition coefficient (Wildman–Crippen LogP) is 2.57. The smallest absolute Gasteiger partial charge is 0.246 e. The van der Waals surface area contributed by atoms with Gasteiger partial charge in [-0.3, -0.25) is 4.79 Å². The molecule has 1 aliphatic rings. The highest BCUT2D eigenvalue weighted by Crippen LogP contribution is 2.43. The second-order valence-corrected chi connectivity index (χ2v) is 6.13. The predicted molar refractivity (Wildman–Crippen MR) is 75.3 cm³/mol. The Balaban J connectivity index is 1.73. The molecule has 0 aromatic carbocycles. The maximum atomic E-state index is 12.7. The quantitative estimate of drug-likeness (QED) is 0.940. The molecular weight excluding hydrogens is 274 g/mol. The molecule has 0 aliphatic heterocycles. The summed E-state index contributed by atoms with van der Waals surface area (Å²) in [6, 6.07) is 4.07. The van der Waals surface area contributed by atoms with Gasteiger partial charge >= 0.3 is 0 Å². The molecule has 3 rings (SSSR count). The number of aromatic nitrogens is 2. The van der Waals surface area contributed by atoms with Gasteiger partial charge in [-0.05, 0) is 31.2 Å². The van der Waals surface area contributed by atoms with E-state index in [2.05, 4.69) is 21.5 Å². The van der Waals surface area contributed by atoms with Gasteiger partial charge in [-0.2, -0.15) is 4.98 Å². The first kappa shape index (κ1) is 13.3. The maximum absolute atomic E-state index is 12.7. The van der Waals surface area contributed by atoms with Gasteiger partial charge in [0, 0.05) is 4.88 Å². The average molecular weight is 291 g/mol. The fourth-order valence-corrected chi connectivity index (χ4v) is 3.83. The van der Waals surface area contributed by atoms with Gasteiger partial charge in [-0.15, -0.1) is 11.3 Å². The molecule has 5 nitrogen and oxygen atoms in total. The maximum Gasteiger partial charge on any atom is 0.246 e. The Hall–Kier alpha value is -1.69. The molecule has 1 saturated carbocycles. The monoisotopic (exact) mass is 291 g/mol. The van der Waals surface area contributed by atoms with Gasteiger partial charge in [0.15, 0.2) is 5.82 Å². The number of nitrogens with one attached hydrogen (secondary N) is 1. The zero-order valence-electron chi connectivity index (χ0n) is 11.4. The Morgan fingerprint density at radius 2 is 2.30 bits per heavy atom. The van der Waals surface area contributed by atoms with Crippen LogP contribution in [0.4, 0.5) is 0 Å². The number of nitrogens with zero attached hydrogens (tertiary/aromatic N) is 2. The van der Waals surface area contributed by atoms with Crippen LogP contribution in [0, 0.1) is 6.92 Å². The lowest BCUT2D eigenvalue weighted by atomic mass is 9.83. The molecule has 0 bridgehead atoms. The summed E-state index contributed by atoms with van der Waals surface area (Å²) >= 11 is 1.66. The molecule has 1 fully saturated rings. The highest BCUT2D eigenvalue weighted by Gasteiger charge is 2.43. The van der Waals surface area contributed by atoms with Gasteiger partial charge in [0.25, 0.3) is 0 Å². The van der Waals surface area contributed by atoms with Crippen molar-refractivity contribution in [3.05, 3.63) is 34.1 Å². The molecule has 0 unspecified atom stereocenters. The SMILES string of the molecule is Cc1noc(CNC(=O)C2(c3cccs3)CCCC2)n1. The molecule has 0 saturated heterocycles. The van der Waals surface area contributed by atoms with Crippen molar-refractivity contribution in [1.82, 2.24) is 15.5 Å². The molecule has 1 N–H and O–H groups in total. The molecule has 0 atom stereocenters. The number of hydrogen-bond acceptors (Lipinski definition) is 5. The van der Waals surface area contributed by atoms with E-state index in [-0.39, 0.29) is 11.3 Å². The summed E-state index contributed by atoms with van der Waals surface area (Å²) in [5.41, 5.74) is -0.358. The normalized spacial score (nSPS) is 17.2. The lowest BCUT2D eigenvalue weighted by Crippen LogP contribution is -2.41. The minimum atomic E-state index is -0.358. The molecule has 106 valence electrons. The number of rotatable bonds is 4. The van der Waals surface area contributed by atoms with Crippen molar-refractivity contribution in [1.29, 1.82) is 0 Å². The van der Waals surface area contributed by atoms with Crippen LogP contribution in [0.1, 0.15) is 42.3 Å². The number of hydrogen-bond donors (Lipinski definition) is 1. The summed E-state index contributed by atoms with van der Waals surface area (Å²) in [5, 5.41) is 8.71. The third kappa shape index (κ3) is 2.35. The molecular formula is C14H17N3O2S. The summed E-state index contributed by atoms with van der Waals surface area (Å²) in [5.74, 6) is 1.12. The molecule has 1 aliphatic carbocycles. The fraction of sp³-hybridized carbons (Fsp3) is 0.500. The highest BCUT2D eigenvalue weighted by molar-refractivity contribution is 7.10. The average Bonchev–Trinajstić information content (AvgIpc) is 3.17. The Bertz CT molecular complexity index is 585. The van der Waals surface area contributed by atoms with Crippen LogP contribution in [0.15, 0.2) is 22.0 Å². The number of amides is 1. The van der Waals surface area contributed by atoms with E-state index in [0.29, 0.717) is 18.3 Å². The zero-order chi connectivity index (χ0) is 14.0. The van der Waals surface area contributed by atoms with Crippen molar-refractivity contribution >= 4 is 17.2 Å². The van der Waals surface area contributed by atoms with E-state index in [9.17, 15) is 4.79 Å². The zero-order valence-corrected chi connectivity index (χ0v) is 12.2. The molecule has 2 aromatic rings. The van der Waals surface area contributed by atoms with E-state index in [1.54, 1.807) is 18.3 Å². The van der Waals surface area contributed by atoms with E-state index < -0.39 is 0 Å². The van der Waals surface area contributed by atoms with E-state index in [0.717, 1.165) is 30.6 Å². The van der Waals surface area contributed by atoms with Gasteiger partial charge in [0.05, 0.1) is 12.0 Å². The van der Waals surface area contributed by atoms with Crippen LogP contribution in [-0.4, -0.2) is 16.0 Å². The molecule has 2 aromatic heterocycles. The van der Waals surface area contributed by atoms with Crippen LogP contribution in [0.25, 0.3) is 0 Å². The first-order chi connectivity index (χ1) is 9.71. The second kappa shape index (κ2) is 5.36. The molecule has 0 spiro atoms. The Morgan fingerprint density at radius 3 is 2.90 bits per heavy atom. The fourth-order valence-electron chi connectivity index (χ4n) is 2.85. The summed E-state index contributed by atoms with van der Waals surface area (Å²) in [7, 11) is 0. The third-order valence-corrected chi connectivity index (χ3v) is 4.93. The van der Waals surface area contributed by atoms with Gasteiger partial charge in [-0.25, -0.2) is 0 Å². The van der Waals surface area contributed by atoms with E-state index in [4.69, 9.17) is 4.52 Å². The Morgan fingerprint density at radius 1 is 1.50 bits per heavy atom. The van der Waals surface area contributed by atoms with Crippen molar-refractivity contribution < 1.29 is 9.32 Å². The largest absolute Gasteiger partial charge is 0.346 e. The van der Waals surface area contributed by atoms with Crippen LogP contribution in [0.2, 0.25) is 0 Å². The number of thiophene rings is 1. The first-order valence-corrected chi connectivity index (χ1v) is 7.70. The van der Waals surface area contributed by atoms with Crippen molar-refractivity contribution in [2.75, 3.05) is 0 Å². The number of aryl methyl sites for hydroxylation is 1. The third-order valence-electron chi connectivity index (χ3n) is 3.85. The van der Waals surface area contributed by atoms with Crippen LogP contribution in [0.5, 0.6) is 0 Å². The van der Waals surface area contributed by atoms with Crippen molar-refractivity contribution in [2.24, 2.45) is 0 Å². The van der Waals surface area contributed by atoms with Crippen molar-refractivity contribution in [3.8, 4) is 0 Å². The van der Waals surface area contributed by atoms with Gasteiger partial charge in [0.1, 0.15) is 0 Å². The summed E-state index contributed by atoms with van der Waals surface area (Å²) in [6.45, 7) is 2.06. The number of carbonyl (C=O) groups is 1. The van der Waals surface area contributed by atoms with Crippen LogP contribution in [0.3, 0.4) is 0 Å². The summed E-state index contributed by atoms with van der Waals surface area (Å²) in [6.07, 6.45) is 4.04. The van der Waals surface area contributed by atoms with Crippen molar-refractivity contribution in [3.63, 3.8) is 0 Å². The lowest BCUT2D eigenvalue weighted by molar-refractivity contribution is -0.126. The standard InChI is InChI=1S/C14H17N3O2S/c1-10-16-12(19-17-10)9-15-13(18)14(6-2-3-7-14)11-5-4-8-20-11/h4-5,8H,2-3,6-7,9H2,1H3,(H,15,18). The van der Waals surface area contributed by atoms with Gasteiger partial charge in [0.2, 0.25) is 11.8 Å². The first-order valence-electron chi connectivity index (χ1n) is 6.82. The lowest BCUT2D eigenvalue weighted by Gasteiger charge is -2.26. The minimum absolute atomic E-state index is 0.0771. The Kier molecular flexibility index (Phi) is 3.56. The second-order valence-electron chi connectivity index (χ2n) is 5.18. The van der Waals surface area contributed by atoms with Crippen LogP contribution >= 0.6 is 11.3 Å². The molecule has 1 amide bonds. The highest BCUT2D eigenvalue weighted by atomic mass is 32.1. The number of carbonyl (C=O) groups excluding carboxylic acids is 1. The van der Waals surface area contributed by atoms with Crippen molar-refractivity contribution in [2.45, 2.75) is 44.6 Å². The molecule has 20 heavy (non-hydrogen) atoms. The Labute approximate surface area is 121 Å². The van der Waals surface area contributed by atoms with Crippen LogP contribution < -0.4 is 5.32 Å². The van der Waals surface area contributed by atoms with Gasteiger partial charge in [-0.1, -0.05) is 24.1 Å². The van der Waals surface area contributed by atoms with E-state index in [1.807, 2.05) is 11.4 Å². The topological polar surface area (TPSA) is 68.0 Å². The van der Waals surface area contributed by atoms with Crippen LogP contribution in [-0.2, 0) is 16.8 Å². The van der Waals surface area contributed by atoms with E-state index >= 15 is 0 Å². The summed E-state index contributed by atoms with van der Waals surface area (Å²) in [4.78, 5) is 17.9. The van der Waals surface area contributed by atoms with Gasteiger partial charge < -0.3 is 9.84 Å². The molecule has 2 heterocycles. The minimum Gasteiger partial charge on any atom is -0.346 e. The molecule has 0 radical (unpaired) electrons. The van der Waals surface area contributed by atoms with E-state index in [1.165, 1.54) is 0 Å². The summed E-state index contributed by atoms with van der Waals surface area (Å²) < 4.78 is 5.03.